The summed E-state index contributed by atoms with van der Waals surface area (Å²) in [5, 5.41) is 20.5. The maximum Gasteiger partial charge on any atom is 0.306 e. The number of rotatable bonds is 13. The van der Waals surface area contributed by atoms with Crippen molar-refractivity contribution in [3.8, 4) is 5.75 Å². The number of ether oxygens (including phenoxy) is 3. The molecule has 0 bridgehead atoms. The molecule has 34 heavy (non-hydrogen) atoms. The fourth-order valence-corrected chi connectivity index (χ4v) is 4.40. The van der Waals surface area contributed by atoms with Gasteiger partial charge < -0.3 is 24.4 Å². The maximum absolute atomic E-state index is 11.9. The third-order valence-corrected chi connectivity index (χ3v) is 6.40. The van der Waals surface area contributed by atoms with Crippen LogP contribution >= 0.6 is 0 Å². The van der Waals surface area contributed by atoms with Gasteiger partial charge in [0.2, 0.25) is 0 Å². The van der Waals surface area contributed by atoms with Crippen LogP contribution in [0.25, 0.3) is 0 Å². The van der Waals surface area contributed by atoms with Gasteiger partial charge in [-0.25, -0.2) is 0 Å². The number of esters is 1. The molecule has 0 spiro atoms. The van der Waals surface area contributed by atoms with Gasteiger partial charge in [0, 0.05) is 25.4 Å². The fourth-order valence-electron chi connectivity index (χ4n) is 4.40. The highest BCUT2D eigenvalue weighted by atomic mass is 16.5. The van der Waals surface area contributed by atoms with Gasteiger partial charge in [0.15, 0.2) is 0 Å². The third-order valence-electron chi connectivity index (χ3n) is 6.40. The molecule has 4 atom stereocenters. The Morgan fingerprint density at radius 3 is 2.44 bits per heavy atom. The van der Waals surface area contributed by atoms with Gasteiger partial charge in [-0.05, 0) is 48.4 Å². The first kappa shape index (κ1) is 25.9. The summed E-state index contributed by atoms with van der Waals surface area (Å²) in [7, 11) is 1.63. The Kier molecular flexibility index (Phi) is 10.6. The molecule has 1 fully saturated rings. The molecule has 0 radical (unpaired) electrons. The lowest BCUT2D eigenvalue weighted by Gasteiger charge is -2.23. The monoisotopic (exact) mass is 468 g/mol. The van der Waals surface area contributed by atoms with E-state index >= 15 is 0 Å². The van der Waals surface area contributed by atoms with Gasteiger partial charge in [0.1, 0.15) is 12.4 Å². The molecule has 0 unspecified atom stereocenters. The van der Waals surface area contributed by atoms with Crippen LogP contribution in [0, 0.1) is 11.8 Å². The van der Waals surface area contributed by atoms with Crippen LogP contribution in [-0.2, 0) is 27.5 Å². The summed E-state index contributed by atoms with van der Waals surface area (Å²) in [6.07, 6.45) is 6.45. The van der Waals surface area contributed by atoms with E-state index in [0.717, 1.165) is 23.3 Å². The zero-order chi connectivity index (χ0) is 24.2. The number of allylic oxidation sites excluding steroid dienone is 2. The van der Waals surface area contributed by atoms with E-state index in [-0.39, 0.29) is 30.5 Å². The van der Waals surface area contributed by atoms with E-state index in [0.29, 0.717) is 38.9 Å². The summed E-state index contributed by atoms with van der Waals surface area (Å²) in [5.74, 6) is 0.452. The van der Waals surface area contributed by atoms with E-state index in [2.05, 4.69) is 0 Å². The van der Waals surface area contributed by atoms with Gasteiger partial charge in [0.25, 0.3) is 0 Å². The highest BCUT2D eigenvalue weighted by Gasteiger charge is 2.42. The number of unbranched alkanes of at least 4 members (excludes halogenated alkanes) is 1. The quantitative estimate of drug-likeness (QED) is 0.257. The number of aliphatic hydroxyl groups is 2. The first-order chi connectivity index (χ1) is 16.6. The van der Waals surface area contributed by atoms with Crippen molar-refractivity contribution >= 4 is 5.97 Å². The highest BCUT2D eigenvalue weighted by molar-refractivity contribution is 5.69. The smallest absolute Gasteiger partial charge is 0.306 e. The average molecular weight is 469 g/mol. The Labute approximate surface area is 202 Å². The summed E-state index contributed by atoms with van der Waals surface area (Å²) in [5.41, 5.74) is 2.01. The molecule has 2 aromatic rings. The third kappa shape index (κ3) is 7.97. The van der Waals surface area contributed by atoms with Crippen molar-refractivity contribution in [1.29, 1.82) is 0 Å². The zero-order valence-corrected chi connectivity index (χ0v) is 19.8. The molecule has 0 amide bonds. The van der Waals surface area contributed by atoms with Crippen LogP contribution in [0.3, 0.4) is 0 Å². The molecule has 1 aliphatic rings. The standard InChI is InChI=1S/C28H36O6/c1-32-23-15-13-22(14-16-23)19-33-27-17-26(30)24(25(27)18-29)11-7-2-3-8-12-28(31)34-20-21-9-5-4-6-10-21/h2,4-7,9-10,13-16,24-27,29-30H,3,8,11-12,17-20H2,1H3/b7-2-/t24-,25-,26+,27-/m1/s1. The van der Waals surface area contributed by atoms with Crippen LogP contribution in [0.2, 0.25) is 0 Å². The Hall–Kier alpha value is -2.67. The normalized spacial score (nSPS) is 22.2. The van der Waals surface area contributed by atoms with Gasteiger partial charge in [-0.3, -0.25) is 4.79 Å². The minimum absolute atomic E-state index is 0.0178. The lowest BCUT2D eigenvalue weighted by atomic mass is 9.91. The van der Waals surface area contributed by atoms with Crippen molar-refractivity contribution in [2.45, 2.75) is 57.5 Å². The van der Waals surface area contributed by atoms with Crippen LogP contribution in [0.4, 0.5) is 0 Å². The molecule has 6 heteroatoms. The van der Waals surface area contributed by atoms with Crippen molar-refractivity contribution in [3.63, 3.8) is 0 Å². The predicted octanol–water partition coefficient (Wildman–Crippen LogP) is 4.43. The number of carbonyl (C=O) groups is 1. The molecule has 1 aliphatic carbocycles. The summed E-state index contributed by atoms with van der Waals surface area (Å²) < 4.78 is 16.5. The van der Waals surface area contributed by atoms with Gasteiger partial charge in [-0.15, -0.1) is 0 Å². The Balaban J connectivity index is 1.35. The van der Waals surface area contributed by atoms with Crippen molar-refractivity contribution in [2.75, 3.05) is 13.7 Å². The number of hydrogen-bond acceptors (Lipinski definition) is 6. The SMILES string of the molecule is COc1ccc(CO[C@@H]2C[C@H](O)[C@H](C/C=C\CCCC(=O)OCc3ccccc3)[C@H]2CO)cc1. The van der Waals surface area contributed by atoms with Crippen molar-refractivity contribution in [2.24, 2.45) is 11.8 Å². The summed E-state index contributed by atoms with van der Waals surface area (Å²) in [6, 6.07) is 17.3. The molecular weight excluding hydrogens is 432 g/mol. The summed E-state index contributed by atoms with van der Waals surface area (Å²) in [4.78, 5) is 11.9. The molecule has 2 aromatic carbocycles. The lowest BCUT2D eigenvalue weighted by Crippen LogP contribution is -2.26. The predicted molar refractivity (Wildman–Crippen MR) is 130 cm³/mol. The second-order valence-electron chi connectivity index (χ2n) is 8.76. The molecule has 2 N–H and O–H groups in total. The zero-order valence-electron chi connectivity index (χ0n) is 19.8. The van der Waals surface area contributed by atoms with Gasteiger partial charge in [-0.2, -0.15) is 0 Å². The van der Waals surface area contributed by atoms with Crippen LogP contribution in [0.1, 0.15) is 43.2 Å². The highest BCUT2D eigenvalue weighted by Crippen LogP contribution is 2.37. The van der Waals surface area contributed by atoms with Gasteiger partial charge >= 0.3 is 5.97 Å². The van der Waals surface area contributed by atoms with Crippen molar-refractivity contribution in [3.05, 3.63) is 77.9 Å². The molecule has 0 aliphatic heterocycles. The van der Waals surface area contributed by atoms with E-state index in [1.165, 1.54) is 0 Å². The second kappa shape index (κ2) is 13.9. The second-order valence-corrected chi connectivity index (χ2v) is 8.76. The molecule has 0 saturated heterocycles. The lowest BCUT2D eigenvalue weighted by molar-refractivity contribution is -0.145. The number of hydrogen-bond donors (Lipinski definition) is 2. The van der Waals surface area contributed by atoms with Crippen LogP contribution in [0.15, 0.2) is 66.7 Å². The van der Waals surface area contributed by atoms with Gasteiger partial charge in [-0.1, -0.05) is 54.6 Å². The maximum atomic E-state index is 11.9. The minimum Gasteiger partial charge on any atom is -0.497 e. The van der Waals surface area contributed by atoms with Crippen LogP contribution < -0.4 is 4.74 Å². The topological polar surface area (TPSA) is 85.2 Å². The molecule has 0 heterocycles. The fraction of sp³-hybridized carbons (Fsp3) is 0.464. The van der Waals surface area contributed by atoms with E-state index in [9.17, 15) is 15.0 Å². The molecule has 1 saturated carbocycles. The minimum atomic E-state index is -0.504. The molecular formula is C28H36O6. The van der Waals surface area contributed by atoms with Crippen molar-refractivity contribution in [1.82, 2.24) is 0 Å². The molecule has 6 nitrogen and oxygen atoms in total. The Morgan fingerprint density at radius 2 is 1.74 bits per heavy atom. The van der Waals surface area contributed by atoms with Crippen LogP contribution in [-0.4, -0.2) is 42.1 Å². The van der Waals surface area contributed by atoms with Crippen molar-refractivity contribution < 1.29 is 29.2 Å². The summed E-state index contributed by atoms with van der Waals surface area (Å²) >= 11 is 0. The van der Waals surface area contributed by atoms with Gasteiger partial charge in [0.05, 0.1) is 25.9 Å². The largest absolute Gasteiger partial charge is 0.497 e. The number of aliphatic hydroxyl groups excluding tert-OH is 2. The molecule has 0 aromatic heterocycles. The first-order valence-corrected chi connectivity index (χ1v) is 12.0. The Morgan fingerprint density at radius 1 is 1.00 bits per heavy atom. The number of methoxy groups -OCH3 is 1. The molecule has 3 rings (SSSR count). The van der Waals surface area contributed by atoms with E-state index < -0.39 is 6.10 Å². The number of benzene rings is 2. The average Bonchev–Trinajstić information content (AvgIpc) is 3.18. The van der Waals surface area contributed by atoms with Crippen LogP contribution in [0.5, 0.6) is 5.75 Å². The Bertz CT molecular complexity index is 880. The summed E-state index contributed by atoms with van der Waals surface area (Å²) in [6.45, 7) is 0.718. The first-order valence-electron chi connectivity index (χ1n) is 12.0. The number of carbonyl (C=O) groups excluding carboxylic acids is 1. The van der Waals surface area contributed by atoms with E-state index in [1.54, 1.807) is 7.11 Å². The van der Waals surface area contributed by atoms with E-state index in [4.69, 9.17) is 14.2 Å². The molecule has 184 valence electrons. The van der Waals surface area contributed by atoms with E-state index in [1.807, 2.05) is 66.7 Å².